The second kappa shape index (κ2) is 8.42. The van der Waals surface area contributed by atoms with Gasteiger partial charge in [0.1, 0.15) is 0 Å². The molecule has 0 heterocycles. The van der Waals surface area contributed by atoms with Crippen molar-refractivity contribution in [2.75, 3.05) is 13.6 Å². The Labute approximate surface area is 126 Å². The van der Waals surface area contributed by atoms with Crippen molar-refractivity contribution >= 4 is 11.8 Å². The molecule has 0 radical (unpaired) electrons. The van der Waals surface area contributed by atoms with Crippen molar-refractivity contribution in [2.24, 2.45) is 0 Å². The van der Waals surface area contributed by atoms with E-state index in [1.54, 1.807) is 50.1 Å². The van der Waals surface area contributed by atoms with Crippen molar-refractivity contribution in [1.82, 2.24) is 10.2 Å². The fourth-order valence-electron chi connectivity index (χ4n) is 1.87. The zero-order valence-corrected chi connectivity index (χ0v) is 12.9. The second-order valence-corrected chi connectivity index (χ2v) is 5.40. The molecule has 0 saturated heterocycles. The van der Waals surface area contributed by atoms with E-state index < -0.39 is 6.10 Å². The van der Waals surface area contributed by atoms with Crippen molar-refractivity contribution < 1.29 is 14.7 Å². The molecule has 0 fully saturated rings. The molecule has 2 unspecified atom stereocenters. The van der Waals surface area contributed by atoms with Crippen molar-refractivity contribution in [3.8, 4) is 0 Å². The highest BCUT2D eigenvalue weighted by molar-refractivity contribution is 5.94. The number of benzene rings is 1. The van der Waals surface area contributed by atoms with Crippen LogP contribution in [0.5, 0.6) is 0 Å². The van der Waals surface area contributed by atoms with Gasteiger partial charge in [-0.25, -0.2) is 0 Å². The van der Waals surface area contributed by atoms with Gasteiger partial charge in [0.15, 0.2) is 0 Å². The molecule has 0 aromatic heterocycles. The lowest BCUT2D eigenvalue weighted by Gasteiger charge is -2.21. The number of carbonyl (C=O) groups is 2. The first-order valence-electron chi connectivity index (χ1n) is 7.18. The number of nitrogens with one attached hydrogen (secondary N) is 1. The molecule has 5 nitrogen and oxygen atoms in total. The average Bonchev–Trinajstić information content (AvgIpc) is 2.45. The zero-order chi connectivity index (χ0) is 15.8. The quantitative estimate of drug-likeness (QED) is 0.798. The Balaban J connectivity index is 2.40. The molecule has 2 amide bonds. The Hall–Kier alpha value is -1.88. The summed E-state index contributed by atoms with van der Waals surface area (Å²) >= 11 is 0. The normalized spacial score (nSPS) is 13.3. The van der Waals surface area contributed by atoms with E-state index in [1.165, 1.54) is 0 Å². The molecule has 1 rings (SSSR count). The van der Waals surface area contributed by atoms with E-state index in [0.29, 0.717) is 18.5 Å². The monoisotopic (exact) mass is 292 g/mol. The van der Waals surface area contributed by atoms with Gasteiger partial charge in [0.2, 0.25) is 5.91 Å². The summed E-state index contributed by atoms with van der Waals surface area (Å²) in [6.45, 7) is 4.01. The topological polar surface area (TPSA) is 69.6 Å². The molecule has 1 aromatic carbocycles. The number of hydrogen-bond donors (Lipinski definition) is 2. The minimum Gasteiger partial charge on any atom is -0.393 e. The van der Waals surface area contributed by atoms with E-state index >= 15 is 0 Å². The Kier molecular flexibility index (Phi) is 6.88. The van der Waals surface area contributed by atoms with Crippen molar-refractivity contribution in [1.29, 1.82) is 0 Å². The molecular formula is C16H24N2O3. The number of nitrogens with zero attached hydrogens (tertiary/aromatic N) is 1. The van der Waals surface area contributed by atoms with Crippen LogP contribution in [0.2, 0.25) is 0 Å². The molecular weight excluding hydrogens is 268 g/mol. The highest BCUT2D eigenvalue weighted by Crippen LogP contribution is 2.03. The van der Waals surface area contributed by atoms with Crippen LogP contribution in [-0.4, -0.2) is 47.6 Å². The third kappa shape index (κ3) is 6.40. The third-order valence-corrected chi connectivity index (χ3v) is 3.20. The first kappa shape index (κ1) is 17.2. The smallest absolute Gasteiger partial charge is 0.251 e. The molecule has 0 bridgehead atoms. The predicted octanol–water partition coefficient (Wildman–Crippen LogP) is 1.42. The first-order chi connectivity index (χ1) is 9.90. The van der Waals surface area contributed by atoms with Crippen LogP contribution in [0, 0.1) is 0 Å². The van der Waals surface area contributed by atoms with Crippen LogP contribution in [0.4, 0.5) is 0 Å². The summed E-state index contributed by atoms with van der Waals surface area (Å²) in [7, 11) is 1.70. The van der Waals surface area contributed by atoms with E-state index in [2.05, 4.69) is 5.32 Å². The van der Waals surface area contributed by atoms with Crippen LogP contribution in [-0.2, 0) is 4.79 Å². The lowest BCUT2D eigenvalue weighted by Crippen LogP contribution is -2.38. The van der Waals surface area contributed by atoms with Crippen LogP contribution < -0.4 is 5.32 Å². The third-order valence-electron chi connectivity index (χ3n) is 3.20. The molecule has 21 heavy (non-hydrogen) atoms. The van der Waals surface area contributed by atoms with Crippen LogP contribution in [0.1, 0.15) is 37.0 Å². The Morgan fingerprint density at radius 3 is 2.43 bits per heavy atom. The van der Waals surface area contributed by atoms with E-state index in [-0.39, 0.29) is 24.3 Å². The molecule has 1 aromatic rings. The number of amides is 2. The lowest BCUT2D eigenvalue weighted by atomic mass is 10.1. The van der Waals surface area contributed by atoms with Gasteiger partial charge in [-0.15, -0.1) is 0 Å². The van der Waals surface area contributed by atoms with Gasteiger partial charge < -0.3 is 15.3 Å². The van der Waals surface area contributed by atoms with Gasteiger partial charge in [-0.05, 0) is 32.4 Å². The number of aliphatic hydroxyl groups excluding tert-OH is 1. The molecule has 0 spiro atoms. The number of rotatable bonds is 7. The largest absolute Gasteiger partial charge is 0.393 e. The molecule has 116 valence electrons. The summed E-state index contributed by atoms with van der Waals surface area (Å²) in [6.07, 6.45) is 0.373. The fraction of sp³-hybridized carbons (Fsp3) is 0.500. The molecule has 2 atom stereocenters. The van der Waals surface area contributed by atoms with Gasteiger partial charge in [0.05, 0.1) is 6.10 Å². The van der Waals surface area contributed by atoms with E-state index in [4.69, 9.17) is 0 Å². The van der Waals surface area contributed by atoms with Crippen LogP contribution in [0.3, 0.4) is 0 Å². The fourth-order valence-corrected chi connectivity index (χ4v) is 1.87. The van der Waals surface area contributed by atoms with Gasteiger partial charge in [0, 0.05) is 31.6 Å². The molecule has 5 heteroatoms. The maximum absolute atomic E-state index is 12.0. The van der Waals surface area contributed by atoms with Gasteiger partial charge >= 0.3 is 0 Å². The molecule has 0 aliphatic heterocycles. The molecule has 0 saturated carbocycles. The Bertz CT molecular complexity index is 460. The number of aliphatic hydroxyl groups is 1. The predicted molar refractivity (Wildman–Crippen MR) is 81.9 cm³/mol. The van der Waals surface area contributed by atoms with Crippen molar-refractivity contribution in [2.45, 2.75) is 38.8 Å². The van der Waals surface area contributed by atoms with Crippen LogP contribution in [0.25, 0.3) is 0 Å². The average molecular weight is 292 g/mol. The zero-order valence-electron chi connectivity index (χ0n) is 12.9. The van der Waals surface area contributed by atoms with Crippen molar-refractivity contribution in [3.63, 3.8) is 0 Å². The minimum atomic E-state index is -0.421. The summed E-state index contributed by atoms with van der Waals surface area (Å²) in [5.74, 6) is -0.223. The minimum absolute atomic E-state index is 0.0449. The molecule has 2 N–H and O–H groups in total. The number of hydrogen-bond acceptors (Lipinski definition) is 3. The Morgan fingerprint density at radius 2 is 1.86 bits per heavy atom. The van der Waals surface area contributed by atoms with E-state index in [9.17, 15) is 14.7 Å². The summed E-state index contributed by atoms with van der Waals surface area (Å²) in [5, 5.41) is 12.0. The summed E-state index contributed by atoms with van der Waals surface area (Å²) < 4.78 is 0. The lowest BCUT2D eigenvalue weighted by molar-refractivity contribution is -0.130. The summed E-state index contributed by atoms with van der Waals surface area (Å²) in [6, 6.07) is 8.68. The summed E-state index contributed by atoms with van der Waals surface area (Å²) in [5.41, 5.74) is 0.583. The SMILES string of the molecule is CC(O)CCN(C)C(=O)CC(C)NC(=O)c1ccccc1. The maximum Gasteiger partial charge on any atom is 0.251 e. The van der Waals surface area contributed by atoms with Crippen molar-refractivity contribution in [3.05, 3.63) is 35.9 Å². The van der Waals surface area contributed by atoms with E-state index in [0.717, 1.165) is 0 Å². The summed E-state index contributed by atoms with van der Waals surface area (Å²) in [4.78, 5) is 25.5. The van der Waals surface area contributed by atoms with Gasteiger partial charge in [-0.3, -0.25) is 9.59 Å². The highest BCUT2D eigenvalue weighted by atomic mass is 16.3. The van der Waals surface area contributed by atoms with Gasteiger partial charge in [-0.2, -0.15) is 0 Å². The van der Waals surface area contributed by atoms with E-state index in [1.807, 2.05) is 6.07 Å². The maximum atomic E-state index is 12.0. The van der Waals surface area contributed by atoms with Crippen LogP contribution >= 0.6 is 0 Å². The highest BCUT2D eigenvalue weighted by Gasteiger charge is 2.16. The number of carbonyl (C=O) groups excluding carboxylic acids is 2. The van der Waals surface area contributed by atoms with Crippen LogP contribution in [0.15, 0.2) is 30.3 Å². The molecule has 0 aliphatic carbocycles. The molecule has 0 aliphatic rings. The van der Waals surface area contributed by atoms with Gasteiger partial charge in [-0.1, -0.05) is 18.2 Å². The first-order valence-corrected chi connectivity index (χ1v) is 7.18. The Morgan fingerprint density at radius 1 is 1.24 bits per heavy atom. The van der Waals surface area contributed by atoms with Gasteiger partial charge in [0.25, 0.3) is 5.91 Å². The second-order valence-electron chi connectivity index (χ2n) is 5.40. The standard InChI is InChI=1S/C16H24N2O3/c1-12(11-15(20)18(3)10-9-13(2)19)17-16(21)14-7-5-4-6-8-14/h4-8,12-13,19H,9-11H2,1-3H3,(H,17,21).